The lowest BCUT2D eigenvalue weighted by molar-refractivity contribution is -0.178. The predicted molar refractivity (Wildman–Crippen MR) is 114 cm³/mol. The number of benzene rings is 1. The molecule has 4 nitrogen and oxygen atoms in total. The number of aryl methyl sites for hydroxylation is 1. The van der Waals surface area contributed by atoms with Gasteiger partial charge in [0.1, 0.15) is 0 Å². The number of carbonyl (C=O) groups is 2. The van der Waals surface area contributed by atoms with Crippen molar-refractivity contribution in [3.8, 4) is 0 Å². The van der Waals surface area contributed by atoms with Crippen molar-refractivity contribution in [1.29, 1.82) is 0 Å². The maximum Gasteiger partial charge on any atom is 0.305 e. The first-order valence-electron chi connectivity index (χ1n) is 10.6. The molecule has 0 aliphatic carbocycles. The van der Waals surface area contributed by atoms with Crippen LogP contribution < -0.4 is 0 Å². The van der Waals surface area contributed by atoms with Gasteiger partial charge in [-0.15, -0.1) is 0 Å². The molecule has 0 aliphatic heterocycles. The summed E-state index contributed by atoms with van der Waals surface area (Å²) in [5, 5.41) is 0. The van der Waals surface area contributed by atoms with Gasteiger partial charge in [0, 0.05) is 19.4 Å². The van der Waals surface area contributed by atoms with Gasteiger partial charge in [-0.3, -0.25) is 9.59 Å². The minimum atomic E-state index is -0.960. The van der Waals surface area contributed by atoms with Crippen molar-refractivity contribution < 1.29 is 19.1 Å². The van der Waals surface area contributed by atoms with E-state index in [2.05, 4.69) is 31.2 Å². The summed E-state index contributed by atoms with van der Waals surface area (Å²) >= 11 is 0. The molecule has 0 unspecified atom stereocenters. The molecule has 0 bridgehead atoms. The second-order valence-corrected chi connectivity index (χ2v) is 7.28. The summed E-state index contributed by atoms with van der Waals surface area (Å²) in [6.07, 6.45) is 11.4. The molecule has 0 fully saturated rings. The van der Waals surface area contributed by atoms with Gasteiger partial charge >= 0.3 is 11.9 Å². The second kappa shape index (κ2) is 14.0. The minimum Gasteiger partial charge on any atom is -0.421 e. The van der Waals surface area contributed by atoms with Crippen LogP contribution in [-0.4, -0.2) is 18.2 Å². The number of ether oxygens (including phenoxy) is 2. The van der Waals surface area contributed by atoms with E-state index < -0.39 is 18.2 Å². The summed E-state index contributed by atoms with van der Waals surface area (Å²) in [5.74, 6) is -0.940. The summed E-state index contributed by atoms with van der Waals surface area (Å²) in [4.78, 5) is 22.8. The van der Waals surface area contributed by atoms with E-state index >= 15 is 0 Å². The van der Waals surface area contributed by atoms with E-state index in [9.17, 15) is 9.59 Å². The lowest BCUT2D eigenvalue weighted by Gasteiger charge is -2.19. The van der Waals surface area contributed by atoms with E-state index in [-0.39, 0.29) is 0 Å². The van der Waals surface area contributed by atoms with Crippen LogP contribution in [0.15, 0.2) is 29.8 Å². The minimum absolute atomic E-state index is 0.470. The Bertz CT molecular complexity index is 600. The van der Waals surface area contributed by atoms with Crippen LogP contribution in [0.2, 0.25) is 0 Å². The first-order chi connectivity index (χ1) is 13.5. The zero-order chi connectivity index (χ0) is 20.8. The van der Waals surface area contributed by atoms with E-state index in [0.717, 1.165) is 24.0 Å². The fourth-order valence-electron chi connectivity index (χ4n) is 3.13. The molecule has 0 atom stereocenters. The summed E-state index contributed by atoms with van der Waals surface area (Å²) in [7, 11) is 0. The SMILES string of the molecule is CCCCCCCCc1ccc(/C=C(\CCC)C(OC(C)=O)OC(C)=O)cc1. The van der Waals surface area contributed by atoms with Crippen LogP contribution in [0.3, 0.4) is 0 Å². The molecule has 0 saturated carbocycles. The zero-order valence-corrected chi connectivity index (χ0v) is 18.0. The third-order valence-corrected chi connectivity index (χ3v) is 4.54. The van der Waals surface area contributed by atoms with Crippen LogP contribution in [0.1, 0.15) is 90.2 Å². The maximum absolute atomic E-state index is 11.4. The third kappa shape index (κ3) is 10.3. The van der Waals surface area contributed by atoms with Gasteiger partial charge in [0.2, 0.25) is 0 Å². The van der Waals surface area contributed by atoms with E-state index in [1.54, 1.807) is 0 Å². The molecule has 28 heavy (non-hydrogen) atoms. The largest absolute Gasteiger partial charge is 0.421 e. The molecule has 1 aromatic rings. The van der Waals surface area contributed by atoms with E-state index in [4.69, 9.17) is 9.47 Å². The predicted octanol–water partition coefficient (Wildman–Crippen LogP) is 6.23. The van der Waals surface area contributed by atoms with Gasteiger partial charge in [-0.1, -0.05) is 76.6 Å². The summed E-state index contributed by atoms with van der Waals surface area (Å²) in [6, 6.07) is 8.43. The van der Waals surface area contributed by atoms with Crippen molar-refractivity contribution >= 4 is 18.0 Å². The Kier molecular flexibility index (Phi) is 11.9. The van der Waals surface area contributed by atoms with Gasteiger partial charge in [-0.05, 0) is 36.5 Å². The standard InChI is InChI=1S/C24H36O4/c1-5-7-8-9-10-11-13-21-14-16-22(17-15-21)18-23(12-6-2)24(27-19(3)25)28-20(4)26/h14-18,24H,5-13H2,1-4H3/b23-18+. The van der Waals surface area contributed by atoms with Crippen molar-refractivity contribution in [2.45, 2.75) is 91.8 Å². The van der Waals surface area contributed by atoms with Gasteiger partial charge in [0.15, 0.2) is 0 Å². The molecule has 0 N–H and O–H groups in total. The van der Waals surface area contributed by atoms with E-state index in [1.165, 1.54) is 57.9 Å². The quantitative estimate of drug-likeness (QED) is 0.228. The summed E-state index contributed by atoms with van der Waals surface area (Å²) in [6.45, 7) is 6.91. The summed E-state index contributed by atoms with van der Waals surface area (Å²) < 4.78 is 10.4. The first kappa shape index (κ1) is 23.9. The molecule has 0 radical (unpaired) electrons. The molecule has 0 aliphatic rings. The molecule has 0 aromatic heterocycles. The highest BCUT2D eigenvalue weighted by molar-refractivity contribution is 5.69. The average molecular weight is 389 g/mol. The number of esters is 2. The van der Waals surface area contributed by atoms with Gasteiger partial charge in [-0.2, -0.15) is 0 Å². The number of carbonyl (C=O) groups excluding carboxylic acids is 2. The molecule has 1 rings (SSSR count). The normalized spacial score (nSPS) is 11.5. The fraction of sp³-hybridized carbons (Fsp3) is 0.583. The molecule has 1 aromatic carbocycles. The molecule has 0 heterocycles. The Labute approximate surface area is 170 Å². The Balaban J connectivity index is 2.74. The highest BCUT2D eigenvalue weighted by atomic mass is 16.7. The molecule has 0 saturated heterocycles. The Morgan fingerprint density at radius 3 is 1.96 bits per heavy atom. The number of rotatable bonds is 13. The molecule has 0 amide bonds. The Morgan fingerprint density at radius 1 is 0.857 bits per heavy atom. The highest BCUT2D eigenvalue weighted by Gasteiger charge is 2.20. The van der Waals surface area contributed by atoms with Crippen LogP contribution in [0.25, 0.3) is 6.08 Å². The topological polar surface area (TPSA) is 52.6 Å². The lowest BCUT2D eigenvalue weighted by Crippen LogP contribution is -2.24. The van der Waals surface area contributed by atoms with Crippen LogP contribution in [0.5, 0.6) is 0 Å². The molecular formula is C24H36O4. The fourth-order valence-corrected chi connectivity index (χ4v) is 3.13. The lowest BCUT2D eigenvalue weighted by atomic mass is 10.0. The number of hydrogen-bond acceptors (Lipinski definition) is 4. The monoisotopic (exact) mass is 388 g/mol. The van der Waals surface area contributed by atoms with E-state index in [1.807, 2.05) is 13.0 Å². The molecular weight excluding hydrogens is 352 g/mol. The van der Waals surface area contributed by atoms with Crippen molar-refractivity contribution in [3.05, 3.63) is 41.0 Å². The average Bonchev–Trinajstić information content (AvgIpc) is 2.64. The van der Waals surface area contributed by atoms with Crippen LogP contribution in [0, 0.1) is 0 Å². The summed E-state index contributed by atoms with van der Waals surface area (Å²) in [5.41, 5.74) is 3.14. The first-order valence-corrected chi connectivity index (χ1v) is 10.6. The van der Waals surface area contributed by atoms with Crippen LogP contribution in [0.4, 0.5) is 0 Å². The second-order valence-electron chi connectivity index (χ2n) is 7.28. The van der Waals surface area contributed by atoms with Crippen molar-refractivity contribution in [3.63, 3.8) is 0 Å². The zero-order valence-electron chi connectivity index (χ0n) is 18.0. The molecule has 0 spiro atoms. The van der Waals surface area contributed by atoms with Crippen LogP contribution >= 0.6 is 0 Å². The van der Waals surface area contributed by atoms with Crippen molar-refractivity contribution in [2.75, 3.05) is 0 Å². The van der Waals surface area contributed by atoms with Crippen molar-refractivity contribution in [1.82, 2.24) is 0 Å². The van der Waals surface area contributed by atoms with Gasteiger partial charge in [0.25, 0.3) is 6.29 Å². The Hall–Kier alpha value is -2.10. The van der Waals surface area contributed by atoms with Gasteiger partial charge in [0.05, 0.1) is 0 Å². The third-order valence-electron chi connectivity index (χ3n) is 4.54. The van der Waals surface area contributed by atoms with E-state index in [0.29, 0.717) is 6.42 Å². The number of hydrogen-bond donors (Lipinski definition) is 0. The smallest absolute Gasteiger partial charge is 0.305 e. The van der Waals surface area contributed by atoms with Crippen LogP contribution in [-0.2, 0) is 25.5 Å². The Morgan fingerprint density at radius 2 is 1.43 bits per heavy atom. The van der Waals surface area contributed by atoms with Gasteiger partial charge in [-0.25, -0.2) is 0 Å². The van der Waals surface area contributed by atoms with Gasteiger partial charge < -0.3 is 9.47 Å². The number of unbranched alkanes of at least 4 members (excludes halogenated alkanes) is 5. The maximum atomic E-state index is 11.4. The molecule has 156 valence electrons. The highest BCUT2D eigenvalue weighted by Crippen LogP contribution is 2.20. The molecule has 4 heteroatoms. The van der Waals surface area contributed by atoms with Crippen molar-refractivity contribution in [2.24, 2.45) is 0 Å².